The minimum atomic E-state index is -3.50. The highest BCUT2D eigenvalue weighted by molar-refractivity contribution is 7.87. The van der Waals surface area contributed by atoms with Gasteiger partial charge in [-0.2, -0.15) is 12.7 Å². The van der Waals surface area contributed by atoms with Crippen LogP contribution in [0.4, 0.5) is 0 Å². The van der Waals surface area contributed by atoms with E-state index >= 15 is 0 Å². The molecule has 0 aromatic heterocycles. The minimum Gasteiger partial charge on any atom is -0.492 e. The van der Waals surface area contributed by atoms with Gasteiger partial charge in [0.25, 0.3) is 10.2 Å². The van der Waals surface area contributed by atoms with Crippen molar-refractivity contribution in [3.8, 4) is 5.75 Å². The number of halogens is 2. The Bertz CT molecular complexity index is 647. The Kier molecular flexibility index (Phi) is 7.15. The Hall–Kier alpha value is -0.570. The lowest BCUT2D eigenvalue weighted by Crippen LogP contribution is -2.52. The SMILES string of the molecule is C[C@@H]1CN(S(=O)(=O)NCCCOc2ccc(Cl)cc2Cl)C[C@@H](C)O1. The Balaban J connectivity index is 1.75. The molecule has 1 N–H and O–H groups in total. The van der Waals surface area contributed by atoms with Crippen LogP contribution in [0.5, 0.6) is 5.75 Å². The van der Waals surface area contributed by atoms with Crippen LogP contribution in [0.25, 0.3) is 0 Å². The molecule has 1 heterocycles. The fourth-order valence-electron chi connectivity index (χ4n) is 2.47. The van der Waals surface area contributed by atoms with Crippen molar-refractivity contribution in [1.29, 1.82) is 0 Å². The molecule has 136 valence electrons. The fraction of sp³-hybridized carbons (Fsp3) is 0.600. The van der Waals surface area contributed by atoms with Crippen molar-refractivity contribution in [1.82, 2.24) is 9.03 Å². The summed E-state index contributed by atoms with van der Waals surface area (Å²) in [6, 6.07) is 4.97. The molecule has 24 heavy (non-hydrogen) atoms. The second kappa shape index (κ2) is 8.69. The molecule has 1 aliphatic heterocycles. The van der Waals surface area contributed by atoms with Crippen LogP contribution in [-0.4, -0.2) is 51.2 Å². The minimum absolute atomic E-state index is 0.110. The summed E-state index contributed by atoms with van der Waals surface area (Å²) < 4.78 is 39.7. The zero-order valence-corrected chi connectivity index (χ0v) is 16.0. The number of benzene rings is 1. The predicted octanol–water partition coefficient (Wildman–Crippen LogP) is 2.71. The first-order chi connectivity index (χ1) is 11.3. The van der Waals surface area contributed by atoms with Crippen molar-refractivity contribution in [3.63, 3.8) is 0 Å². The molecule has 0 radical (unpaired) electrons. The van der Waals surface area contributed by atoms with Crippen LogP contribution in [-0.2, 0) is 14.9 Å². The van der Waals surface area contributed by atoms with Gasteiger partial charge in [0.05, 0.1) is 23.8 Å². The molecule has 1 aliphatic rings. The Morgan fingerprint density at radius 3 is 2.58 bits per heavy atom. The van der Waals surface area contributed by atoms with E-state index in [4.69, 9.17) is 32.7 Å². The maximum atomic E-state index is 12.3. The van der Waals surface area contributed by atoms with Crippen LogP contribution in [0.1, 0.15) is 20.3 Å². The van der Waals surface area contributed by atoms with Crippen LogP contribution >= 0.6 is 23.2 Å². The first-order valence-corrected chi connectivity index (χ1v) is 9.95. The first kappa shape index (κ1) is 19.8. The summed E-state index contributed by atoms with van der Waals surface area (Å²) in [7, 11) is -3.50. The summed E-state index contributed by atoms with van der Waals surface area (Å²) in [5, 5.41) is 0.966. The second-order valence-corrected chi connectivity index (χ2v) is 8.35. The quantitative estimate of drug-likeness (QED) is 0.719. The van der Waals surface area contributed by atoms with Gasteiger partial charge < -0.3 is 9.47 Å². The lowest BCUT2D eigenvalue weighted by atomic mass is 10.3. The zero-order chi connectivity index (χ0) is 17.7. The van der Waals surface area contributed by atoms with Gasteiger partial charge in [-0.3, -0.25) is 0 Å². The van der Waals surface area contributed by atoms with Gasteiger partial charge >= 0.3 is 0 Å². The summed E-state index contributed by atoms with van der Waals surface area (Å²) >= 11 is 11.8. The van der Waals surface area contributed by atoms with Gasteiger partial charge in [0.15, 0.2) is 0 Å². The van der Waals surface area contributed by atoms with Gasteiger partial charge in [-0.05, 0) is 38.5 Å². The van der Waals surface area contributed by atoms with Crippen LogP contribution in [0, 0.1) is 0 Å². The van der Waals surface area contributed by atoms with E-state index < -0.39 is 10.2 Å². The molecule has 1 saturated heterocycles. The average molecular weight is 397 g/mol. The van der Waals surface area contributed by atoms with E-state index in [1.807, 2.05) is 13.8 Å². The second-order valence-electron chi connectivity index (χ2n) is 5.75. The number of morpholine rings is 1. The van der Waals surface area contributed by atoms with Crippen molar-refractivity contribution >= 4 is 33.4 Å². The van der Waals surface area contributed by atoms with Gasteiger partial charge in [-0.25, -0.2) is 4.72 Å². The third-order valence-corrected chi connectivity index (χ3v) is 5.56. The van der Waals surface area contributed by atoms with Crippen molar-refractivity contribution in [2.45, 2.75) is 32.5 Å². The van der Waals surface area contributed by atoms with Crippen molar-refractivity contribution in [2.24, 2.45) is 0 Å². The molecule has 0 aliphatic carbocycles. The maximum Gasteiger partial charge on any atom is 0.279 e. The summed E-state index contributed by atoms with van der Waals surface area (Å²) in [5.74, 6) is 0.528. The van der Waals surface area contributed by atoms with Gasteiger partial charge in [-0.1, -0.05) is 23.2 Å². The van der Waals surface area contributed by atoms with Gasteiger partial charge in [0, 0.05) is 24.7 Å². The van der Waals surface area contributed by atoms with E-state index in [-0.39, 0.29) is 18.8 Å². The fourth-order valence-corrected chi connectivity index (χ4v) is 4.33. The number of nitrogens with one attached hydrogen (secondary N) is 1. The summed E-state index contributed by atoms with van der Waals surface area (Å²) in [5.41, 5.74) is 0. The highest BCUT2D eigenvalue weighted by Crippen LogP contribution is 2.27. The van der Waals surface area contributed by atoms with E-state index in [0.29, 0.717) is 41.9 Å². The molecule has 9 heteroatoms. The lowest BCUT2D eigenvalue weighted by molar-refractivity contribution is -0.0443. The summed E-state index contributed by atoms with van der Waals surface area (Å²) in [4.78, 5) is 0. The Labute approximate surface area is 153 Å². The molecule has 0 amide bonds. The lowest BCUT2D eigenvalue weighted by Gasteiger charge is -2.34. The maximum absolute atomic E-state index is 12.3. The smallest absolute Gasteiger partial charge is 0.279 e. The molecule has 1 fully saturated rings. The molecule has 0 saturated carbocycles. The molecule has 0 bridgehead atoms. The van der Waals surface area contributed by atoms with E-state index in [2.05, 4.69) is 4.72 Å². The number of hydrogen-bond donors (Lipinski definition) is 1. The molecule has 6 nitrogen and oxygen atoms in total. The summed E-state index contributed by atoms with van der Waals surface area (Å²) in [6.07, 6.45) is 0.301. The van der Waals surface area contributed by atoms with Crippen molar-refractivity contribution in [2.75, 3.05) is 26.2 Å². The van der Waals surface area contributed by atoms with E-state index in [0.717, 1.165) is 0 Å². The number of hydrogen-bond acceptors (Lipinski definition) is 4. The topological polar surface area (TPSA) is 67.9 Å². The molecule has 2 rings (SSSR count). The van der Waals surface area contributed by atoms with Crippen LogP contribution in [0.2, 0.25) is 10.0 Å². The van der Waals surface area contributed by atoms with E-state index in [9.17, 15) is 8.42 Å². The van der Waals surface area contributed by atoms with Crippen molar-refractivity contribution < 1.29 is 17.9 Å². The Morgan fingerprint density at radius 2 is 1.96 bits per heavy atom. The van der Waals surface area contributed by atoms with E-state index in [1.54, 1.807) is 18.2 Å². The third kappa shape index (κ3) is 5.75. The van der Waals surface area contributed by atoms with Gasteiger partial charge in [-0.15, -0.1) is 0 Å². The highest BCUT2D eigenvalue weighted by atomic mass is 35.5. The van der Waals surface area contributed by atoms with Gasteiger partial charge in [0.2, 0.25) is 0 Å². The zero-order valence-electron chi connectivity index (χ0n) is 13.7. The van der Waals surface area contributed by atoms with Crippen LogP contribution in [0.3, 0.4) is 0 Å². The molecule has 0 spiro atoms. The Morgan fingerprint density at radius 1 is 1.29 bits per heavy atom. The molecular formula is C15H22Cl2N2O4S. The van der Waals surface area contributed by atoms with Crippen LogP contribution in [0.15, 0.2) is 18.2 Å². The molecule has 1 aromatic carbocycles. The van der Waals surface area contributed by atoms with Crippen LogP contribution < -0.4 is 9.46 Å². The predicted molar refractivity (Wildman–Crippen MR) is 95.1 cm³/mol. The number of rotatable bonds is 7. The third-order valence-electron chi connectivity index (χ3n) is 3.48. The number of nitrogens with zero attached hydrogens (tertiary/aromatic N) is 1. The first-order valence-electron chi connectivity index (χ1n) is 7.76. The normalized spacial score (nSPS) is 22.5. The summed E-state index contributed by atoms with van der Waals surface area (Å²) in [6.45, 7) is 5.07. The molecule has 0 unspecified atom stereocenters. The monoisotopic (exact) mass is 396 g/mol. The highest BCUT2D eigenvalue weighted by Gasteiger charge is 2.30. The van der Waals surface area contributed by atoms with E-state index in [1.165, 1.54) is 4.31 Å². The number of ether oxygens (including phenoxy) is 2. The van der Waals surface area contributed by atoms with Crippen molar-refractivity contribution in [3.05, 3.63) is 28.2 Å². The molecule has 2 atom stereocenters. The molecule has 1 aromatic rings. The average Bonchev–Trinajstić information content (AvgIpc) is 2.48. The van der Waals surface area contributed by atoms with Gasteiger partial charge in [0.1, 0.15) is 5.75 Å². The largest absolute Gasteiger partial charge is 0.492 e. The standard InChI is InChI=1S/C15H22Cl2N2O4S/c1-11-9-19(10-12(2)23-11)24(20,21)18-6-3-7-22-15-5-4-13(16)8-14(15)17/h4-5,8,11-12,18H,3,6-7,9-10H2,1-2H3/t11-,12-/m1/s1. The molecular weight excluding hydrogens is 375 g/mol.